The van der Waals surface area contributed by atoms with Gasteiger partial charge in [-0.05, 0) is 29.8 Å². The molecule has 1 fully saturated rings. The van der Waals surface area contributed by atoms with Gasteiger partial charge in [0.1, 0.15) is 28.5 Å². The molecule has 1 atom stereocenters. The number of anilines is 2. The number of benzene rings is 2. The highest BCUT2D eigenvalue weighted by Crippen LogP contribution is 2.40. The van der Waals surface area contributed by atoms with Crippen LogP contribution in [0.15, 0.2) is 59.6 Å². The highest BCUT2D eigenvalue weighted by atomic mass is 35.5. The molecule has 9 heteroatoms. The van der Waals surface area contributed by atoms with Crippen LogP contribution in [0.2, 0.25) is 5.02 Å². The summed E-state index contributed by atoms with van der Waals surface area (Å²) in [7, 11) is 0. The predicted octanol–water partition coefficient (Wildman–Crippen LogP) is 4.15. The molecule has 4 rings (SSSR count). The summed E-state index contributed by atoms with van der Waals surface area (Å²) >= 11 is 6.90. The van der Waals surface area contributed by atoms with Gasteiger partial charge in [0.25, 0.3) is 0 Å². The fraction of sp³-hybridized carbons (Fsp3) is 0.0870. The second kappa shape index (κ2) is 8.72. The molecule has 156 valence electrons. The van der Waals surface area contributed by atoms with E-state index in [1.807, 2.05) is 12.1 Å². The zero-order valence-electron chi connectivity index (χ0n) is 16.4. The molecule has 2 amide bonds. The number of nitrogens with zero attached hydrogens (tertiary/aromatic N) is 4. The minimum Gasteiger partial charge on any atom is -0.383 e. The normalized spacial score (nSPS) is 15.5. The molecular formula is C23H14ClN5O2S. The van der Waals surface area contributed by atoms with E-state index in [4.69, 9.17) is 17.3 Å². The molecule has 1 unspecified atom stereocenters. The number of rotatable bonds is 4. The standard InChI is InChI=1S/C23H14ClN5O2S/c24-14-6-8-15(9-7-14)29-19(30)10-18(23(29)31)32-22-17(12-26)20(13-4-2-1-3-5-13)16(11-25)21(27)28-22/h1-9,18H,10H2,(H2,27,28). The van der Waals surface area contributed by atoms with Gasteiger partial charge >= 0.3 is 0 Å². The highest BCUT2D eigenvalue weighted by molar-refractivity contribution is 8.00. The minimum absolute atomic E-state index is 0.0424. The van der Waals surface area contributed by atoms with Crippen molar-refractivity contribution in [2.24, 2.45) is 0 Å². The molecule has 3 aromatic rings. The van der Waals surface area contributed by atoms with Crippen molar-refractivity contribution in [2.45, 2.75) is 16.7 Å². The Kier molecular flexibility index (Phi) is 5.83. The first-order valence-electron chi connectivity index (χ1n) is 9.42. The van der Waals surface area contributed by atoms with Gasteiger partial charge in [0.15, 0.2) is 0 Å². The molecule has 1 saturated heterocycles. The van der Waals surface area contributed by atoms with E-state index in [-0.39, 0.29) is 34.3 Å². The van der Waals surface area contributed by atoms with E-state index >= 15 is 0 Å². The van der Waals surface area contributed by atoms with Crippen molar-refractivity contribution in [1.29, 1.82) is 10.5 Å². The molecule has 1 aliphatic heterocycles. The summed E-state index contributed by atoms with van der Waals surface area (Å²) in [6.45, 7) is 0. The molecule has 0 bridgehead atoms. The zero-order valence-corrected chi connectivity index (χ0v) is 18.0. The third-order valence-corrected chi connectivity index (χ3v) is 6.35. The summed E-state index contributed by atoms with van der Waals surface area (Å²) in [5.41, 5.74) is 7.67. The molecule has 0 aliphatic carbocycles. The van der Waals surface area contributed by atoms with E-state index in [0.717, 1.165) is 16.7 Å². The molecule has 1 aromatic heterocycles. The second-order valence-corrected chi connectivity index (χ2v) is 8.50. The number of imide groups is 1. The number of hydrogen-bond donors (Lipinski definition) is 1. The number of nitrogen functional groups attached to an aromatic ring is 1. The molecular weight excluding hydrogens is 446 g/mol. The van der Waals surface area contributed by atoms with Crippen molar-refractivity contribution in [3.8, 4) is 23.3 Å². The van der Waals surface area contributed by atoms with Gasteiger partial charge in [-0.15, -0.1) is 0 Å². The monoisotopic (exact) mass is 459 g/mol. The van der Waals surface area contributed by atoms with Crippen molar-refractivity contribution < 1.29 is 9.59 Å². The number of nitrogens with two attached hydrogens (primary N) is 1. The Morgan fingerprint density at radius 2 is 1.69 bits per heavy atom. The van der Waals surface area contributed by atoms with Gasteiger partial charge in [0.2, 0.25) is 11.8 Å². The van der Waals surface area contributed by atoms with Crippen molar-refractivity contribution >= 4 is 46.7 Å². The molecule has 0 radical (unpaired) electrons. The van der Waals surface area contributed by atoms with Crippen LogP contribution in [0.1, 0.15) is 17.5 Å². The van der Waals surface area contributed by atoms with Gasteiger partial charge in [-0.1, -0.05) is 53.7 Å². The van der Waals surface area contributed by atoms with Gasteiger partial charge < -0.3 is 5.73 Å². The Bertz CT molecular complexity index is 1310. The van der Waals surface area contributed by atoms with E-state index in [2.05, 4.69) is 11.1 Å². The van der Waals surface area contributed by atoms with Crippen LogP contribution in [0.25, 0.3) is 11.1 Å². The summed E-state index contributed by atoms with van der Waals surface area (Å²) in [5, 5.41) is 19.4. The number of amides is 2. The molecule has 2 aromatic carbocycles. The maximum atomic E-state index is 13.0. The van der Waals surface area contributed by atoms with Crippen LogP contribution < -0.4 is 10.6 Å². The first kappa shape index (κ1) is 21.4. The third-order valence-electron chi connectivity index (χ3n) is 4.92. The van der Waals surface area contributed by atoms with Crippen LogP contribution in [-0.2, 0) is 9.59 Å². The number of halogens is 1. The maximum absolute atomic E-state index is 13.0. The van der Waals surface area contributed by atoms with Crippen LogP contribution in [0.4, 0.5) is 11.5 Å². The number of aromatic nitrogens is 1. The van der Waals surface area contributed by atoms with Crippen LogP contribution in [-0.4, -0.2) is 22.0 Å². The summed E-state index contributed by atoms with van der Waals surface area (Å²) < 4.78 is 0. The Labute approximate surface area is 193 Å². The quantitative estimate of drug-likeness (QED) is 0.581. The number of nitriles is 2. The largest absolute Gasteiger partial charge is 0.383 e. The molecule has 32 heavy (non-hydrogen) atoms. The fourth-order valence-electron chi connectivity index (χ4n) is 3.47. The lowest BCUT2D eigenvalue weighted by molar-refractivity contribution is -0.121. The average molecular weight is 460 g/mol. The van der Waals surface area contributed by atoms with Gasteiger partial charge in [-0.3, -0.25) is 9.59 Å². The van der Waals surface area contributed by atoms with E-state index in [9.17, 15) is 20.1 Å². The summed E-state index contributed by atoms with van der Waals surface area (Å²) in [6.07, 6.45) is -0.0563. The Morgan fingerprint density at radius 3 is 2.31 bits per heavy atom. The lowest BCUT2D eigenvalue weighted by atomic mass is 9.97. The van der Waals surface area contributed by atoms with Gasteiger partial charge in [0.05, 0.1) is 16.5 Å². The summed E-state index contributed by atoms with van der Waals surface area (Å²) in [5.74, 6) is -0.824. The average Bonchev–Trinajstić information content (AvgIpc) is 3.07. The van der Waals surface area contributed by atoms with Gasteiger partial charge in [-0.2, -0.15) is 10.5 Å². The van der Waals surface area contributed by atoms with E-state index in [1.54, 1.807) is 48.5 Å². The second-order valence-electron chi connectivity index (χ2n) is 6.87. The third kappa shape index (κ3) is 3.78. The molecule has 0 spiro atoms. The van der Waals surface area contributed by atoms with Gasteiger partial charge in [0, 0.05) is 17.0 Å². The number of thioether (sulfide) groups is 1. The number of hydrogen-bond acceptors (Lipinski definition) is 7. The summed E-state index contributed by atoms with van der Waals surface area (Å²) in [6, 6.07) is 19.4. The SMILES string of the molecule is N#Cc1c(N)nc(SC2CC(=O)N(c3ccc(Cl)cc3)C2=O)c(C#N)c1-c1ccccc1. The summed E-state index contributed by atoms with van der Waals surface area (Å²) in [4.78, 5) is 30.9. The Hall–Kier alpha value is -3.85. The fourth-order valence-corrected chi connectivity index (χ4v) is 4.71. The molecule has 2 N–H and O–H groups in total. The van der Waals surface area contributed by atoms with Crippen LogP contribution in [0.3, 0.4) is 0 Å². The lowest BCUT2D eigenvalue weighted by Gasteiger charge is -2.16. The molecule has 0 saturated carbocycles. The highest BCUT2D eigenvalue weighted by Gasteiger charge is 2.41. The minimum atomic E-state index is -0.784. The molecule has 7 nitrogen and oxygen atoms in total. The zero-order chi connectivity index (χ0) is 22.8. The van der Waals surface area contributed by atoms with Crippen LogP contribution >= 0.6 is 23.4 Å². The van der Waals surface area contributed by atoms with E-state index in [1.165, 1.54) is 0 Å². The van der Waals surface area contributed by atoms with E-state index < -0.39 is 11.2 Å². The van der Waals surface area contributed by atoms with Crippen LogP contribution in [0, 0.1) is 22.7 Å². The topological polar surface area (TPSA) is 124 Å². The van der Waals surface area contributed by atoms with Crippen molar-refractivity contribution in [1.82, 2.24) is 4.98 Å². The molecule has 2 heterocycles. The molecule has 1 aliphatic rings. The maximum Gasteiger partial charge on any atom is 0.247 e. The Morgan fingerprint density at radius 1 is 1.03 bits per heavy atom. The van der Waals surface area contributed by atoms with Crippen molar-refractivity contribution in [3.63, 3.8) is 0 Å². The van der Waals surface area contributed by atoms with Crippen molar-refractivity contribution in [2.75, 3.05) is 10.6 Å². The number of pyridine rings is 1. The predicted molar refractivity (Wildman–Crippen MR) is 122 cm³/mol. The van der Waals surface area contributed by atoms with Crippen molar-refractivity contribution in [3.05, 3.63) is 70.7 Å². The number of carbonyl (C=O) groups excluding carboxylic acids is 2. The first-order chi connectivity index (χ1) is 15.4. The lowest BCUT2D eigenvalue weighted by Crippen LogP contribution is -2.31. The number of carbonyl (C=O) groups is 2. The smallest absolute Gasteiger partial charge is 0.247 e. The Balaban J connectivity index is 1.74. The van der Waals surface area contributed by atoms with E-state index in [0.29, 0.717) is 21.8 Å². The van der Waals surface area contributed by atoms with Crippen LogP contribution in [0.5, 0.6) is 0 Å². The first-order valence-corrected chi connectivity index (χ1v) is 10.7. The van der Waals surface area contributed by atoms with Gasteiger partial charge in [-0.25, -0.2) is 9.88 Å².